The molecule has 1 aromatic heterocycles. The summed E-state index contributed by atoms with van der Waals surface area (Å²) in [7, 11) is 0. The van der Waals surface area contributed by atoms with Crippen molar-refractivity contribution < 1.29 is 28.8 Å². The molecule has 0 radical (unpaired) electrons. The molecule has 0 unspecified atom stereocenters. The number of hydrogen-bond acceptors (Lipinski definition) is 5. The van der Waals surface area contributed by atoms with E-state index in [1.165, 1.54) is 41.2 Å². The molecule has 2 aromatic rings. The molecule has 0 aliphatic heterocycles. The van der Waals surface area contributed by atoms with Crippen molar-refractivity contribution in [1.29, 1.82) is 0 Å². The first kappa shape index (κ1) is 15.6. The Morgan fingerprint density at radius 2 is 1.67 bits per heavy atom. The van der Waals surface area contributed by atoms with Gasteiger partial charge in [-0.25, -0.2) is 4.79 Å². The molecule has 1 aromatic carbocycles. The minimum Gasteiger partial charge on any atom is -0.867 e. The van der Waals surface area contributed by atoms with Crippen LogP contribution in [0.1, 0.15) is 33.2 Å². The second-order valence-corrected chi connectivity index (χ2v) is 5.10. The number of esters is 1. The number of nitrogens with zero attached hydrogens (tertiary/aromatic N) is 1. The van der Waals surface area contributed by atoms with Gasteiger partial charge in [-0.1, -0.05) is 24.3 Å². The zero-order valence-electron chi connectivity index (χ0n) is 12.8. The maximum absolute atomic E-state index is 12.6. The van der Waals surface area contributed by atoms with Crippen LogP contribution >= 0.6 is 0 Å². The highest BCUT2D eigenvalue weighted by molar-refractivity contribution is 6.58. The molecule has 24 heavy (non-hydrogen) atoms. The molecule has 3 rings (SSSR count). The molecule has 0 saturated carbocycles. The normalized spacial score (nSPS) is 13.7. The van der Waals surface area contributed by atoms with Gasteiger partial charge < -0.3 is 9.84 Å². The number of ether oxygens (including phenoxy) is 1. The predicted molar refractivity (Wildman–Crippen MR) is 81.5 cm³/mol. The van der Waals surface area contributed by atoms with Crippen molar-refractivity contribution in [2.24, 2.45) is 0 Å². The van der Waals surface area contributed by atoms with Gasteiger partial charge in [0.25, 0.3) is 11.5 Å². The van der Waals surface area contributed by atoms with Crippen LogP contribution in [0.4, 0.5) is 0 Å². The minimum atomic E-state index is -0.868. The molecule has 0 fully saturated rings. The summed E-state index contributed by atoms with van der Waals surface area (Å²) in [6.45, 7) is 1.94. The van der Waals surface area contributed by atoms with E-state index in [2.05, 4.69) is 0 Å². The van der Waals surface area contributed by atoms with E-state index < -0.39 is 23.3 Å². The summed E-state index contributed by atoms with van der Waals surface area (Å²) in [5, 5.41) is 12.6. The van der Waals surface area contributed by atoms with E-state index in [9.17, 15) is 19.5 Å². The van der Waals surface area contributed by atoms with Crippen molar-refractivity contribution >= 4 is 29.0 Å². The van der Waals surface area contributed by atoms with Gasteiger partial charge in [-0.3, -0.25) is 9.59 Å². The number of rotatable bonds is 3. The quantitative estimate of drug-likeness (QED) is 0.469. The summed E-state index contributed by atoms with van der Waals surface area (Å²) in [6, 6.07) is 9.05. The summed E-state index contributed by atoms with van der Waals surface area (Å²) in [4.78, 5) is 36.1. The average molecular weight is 323 g/mol. The van der Waals surface area contributed by atoms with Crippen molar-refractivity contribution in [3.05, 3.63) is 65.5 Å². The molecule has 120 valence electrons. The fraction of sp³-hybridized carbons (Fsp3) is 0.111. The zero-order valence-corrected chi connectivity index (χ0v) is 12.8. The maximum Gasteiger partial charge on any atom is 0.338 e. The highest BCUT2D eigenvalue weighted by Crippen LogP contribution is 2.25. The second-order valence-electron chi connectivity index (χ2n) is 5.10. The molecule has 0 saturated heterocycles. The third-order valence-corrected chi connectivity index (χ3v) is 3.65. The van der Waals surface area contributed by atoms with Gasteiger partial charge in [-0.2, -0.15) is 4.57 Å². The van der Waals surface area contributed by atoms with Crippen LogP contribution in [-0.2, 0) is 9.53 Å². The predicted octanol–water partition coefficient (Wildman–Crippen LogP) is 0.602. The van der Waals surface area contributed by atoms with Gasteiger partial charge in [0, 0.05) is 17.7 Å². The van der Waals surface area contributed by atoms with Crippen molar-refractivity contribution in [2.45, 2.75) is 6.92 Å². The average Bonchev–Trinajstić information content (AvgIpc) is 2.61. The Bertz CT molecular complexity index is 881. The molecular formula is C18H13NO5. The molecule has 1 aliphatic rings. The molecule has 0 N–H and O–H groups in total. The number of carbonyl (C=O) groups excluding carboxylic acids is 3. The van der Waals surface area contributed by atoms with Gasteiger partial charge in [-0.15, -0.1) is 0 Å². The van der Waals surface area contributed by atoms with E-state index in [0.717, 1.165) is 0 Å². The number of fused-ring (bicyclic) bond motifs is 1. The van der Waals surface area contributed by atoms with E-state index in [0.29, 0.717) is 0 Å². The van der Waals surface area contributed by atoms with E-state index in [-0.39, 0.29) is 29.0 Å². The maximum atomic E-state index is 12.6. The van der Waals surface area contributed by atoms with Gasteiger partial charge in [0.1, 0.15) is 0 Å². The van der Waals surface area contributed by atoms with Crippen LogP contribution < -0.4 is 9.67 Å². The van der Waals surface area contributed by atoms with Crippen molar-refractivity contribution in [1.82, 2.24) is 0 Å². The number of benzene rings is 1. The lowest BCUT2D eigenvalue weighted by Gasteiger charge is -2.21. The Labute approximate surface area is 137 Å². The third kappa shape index (κ3) is 2.48. The topological polar surface area (TPSA) is 87.4 Å². The second kappa shape index (κ2) is 6.08. The Kier molecular flexibility index (Phi) is 3.95. The zero-order chi connectivity index (χ0) is 17.3. The highest BCUT2D eigenvalue weighted by atomic mass is 16.5. The lowest BCUT2D eigenvalue weighted by atomic mass is 9.91. The lowest BCUT2D eigenvalue weighted by Crippen LogP contribution is -2.43. The molecular weight excluding hydrogens is 310 g/mol. The van der Waals surface area contributed by atoms with Crippen LogP contribution in [0.2, 0.25) is 0 Å². The van der Waals surface area contributed by atoms with Gasteiger partial charge >= 0.3 is 5.97 Å². The van der Waals surface area contributed by atoms with Crippen molar-refractivity contribution in [3.63, 3.8) is 0 Å². The Hall–Kier alpha value is -3.28. The first-order valence-electron chi connectivity index (χ1n) is 7.33. The van der Waals surface area contributed by atoms with Crippen molar-refractivity contribution in [3.8, 4) is 0 Å². The Morgan fingerprint density at radius 1 is 1.04 bits per heavy atom. The largest absolute Gasteiger partial charge is 0.867 e. The molecule has 0 bridgehead atoms. The van der Waals surface area contributed by atoms with Crippen LogP contribution in [-0.4, -0.2) is 24.1 Å². The lowest BCUT2D eigenvalue weighted by molar-refractivity contribution is -0.579. The van der Waals surface area contributed by atoms with Gasteiger partial charge in [0.15, 0.2) is 12.4 Å². The van der Waals surface area contributed by atoms with Crippen LogP contribution in [0, 0.1) is 0 Å². The van der Waals surface area contributed by atoms with Gasteiger partial charge in [-0.05, 0) is 18.2 Å². The fourth-order valence-electron chi connectivity index (χ4n) is 2.50. The van der Waals surface area contributed by atoms with Crippen LogP contribution in [0.15, 0.2) is 48.8 Å². The summed E-state index contributed by atoms with van der Waals surface area (Å²) in [5.41, 5.74) is 0.337. The molecule has 0 spiro atoms. The Morgan fingerprint density at radius 3 is 2.29 bits per heavy atom. The molecule has 6 nitrogen and oxygen atoms in total. The summed E-state index contributed by atoms with van der Waals surface area (Å²) in [6.07, 6.45) is 2.77. The van der Waals surface area contributed by atoms with Crippen LogP contribution in [0.25, 0.3) is 11.5 Å². The number of aromatic nitrogens is 1. The summed E-state index contributed by atoms with van der Waals surface area (Å²) >= 11 is 0. The Balaban J connectivity index is 2.07. The van der Waals surface area contributed by atoms with E-state index in [4.69, 9.17) is 4.74 Å². The fourth-order valence-corrected chi connectivity index (χ4v) is 2.50. The molecule has 0 atom stereocenters. The number of carbonyl (C=O) groups is 3. The number of allylic oxidation sites excluding steroid dienone is 1. The number of Topliss-reactive ketones (excluding diaryl/α,β-unsaturated/α-hetero) is 2. The SMILES string of the molecule is CCOC(=O)c1cc[n+](C2=C([O-])c3ccccc3C(=O)C2=O)cc1. The number of hydrogen-bond donors (Lipinski definition) is 0. The first-order valence-corrected chi connectivity index (χ1v) is 7.33. The summed E-state index contributed by atoms with van der Waals surface area (Å²) in [5.74, 6) is -2.61. The van der Waals surface area contributed by atoms with Crippen LogP contribution in [0.3, 0.4) is 0 Å². The highest BCUT2D eigenvalue weighted by Gasteiger charge is 2.35. The monoisotopic (exact) mass is 323 g/mol. The van der Waals surface area contributed by atoms with E-state index in [1.807, 2.05) is 0 Å². The number of pyridine rings is 1. The minimum absolute atomic E-state index is 0.111. The third-order valence-electron chi connectivity index (χ3n) is 3.65. The smallest absolute Gasteiger partial charge is 0.338 e. The van der Waals surface area contributed by atoms with Gasteiger partial charge in [0.05, 0.1) is 12.2 Å². The standard InChI is InChI=1S/C18H13NO5/c1-2-24-18(23)11-7-9-19(10-8-11)14-15(20)12-5-3-4-6-13(12)16(21)17(14)22/h3-10H,2H2,1H3. The van der Waals surface area contributed by atoms with Crippen molar-refractivity contribution in [2.75, 3.05) is 6.61 Å². The molecule has 0 amide bonds. The molecule has 1 aliphatic carbocycles. The summed E-state index contributed by atoms with van der Waals surface area (Å²) < 4.78 is 6.13. The van der Waals surface area contributed by atoms with Gasteiger partial charge in [0.2, 0.25) is 5.78 Å². The first-order chi connectivity index (χ1) is 11.5. The van der Waals surface area contributed by atoms with Crippen LogP contribution in [0.5, 0.6) is 0 Å². The van der Waals surface area contributed by atoms with E-state index >= 15 is 0 Å². The number of ketones is 2. The molecule has 6 heteroatoms. The van der Waals surface area contributed by atoms with E-state index in [1.54, 1.807) is 19.1 Å². The molecule has 1 heterocycles.